The van der Waals surface area contributed by atoms with Crippen LogP contribution in [0.3, 0.4) is 0 Å². The van der Waals surface area contributed by atoms with Crippen molar-refractivity contribution in [2.24, 2.45) is 5.92 Å². The van der Waals surface area contributed by atoms with E-state index in [9.17, 15) is 0 Å². The van der Waals surface area contributed by atoms with E-state index in [1.807, 2.05) is 0 Å². The van der Waals surface area contributed by atoms with Crippen LogP contribution in [0, 0.1) is 12.8 Å². The van der Waals surface area contributed by atoms with Gasteiger partial charge in [-0.2, -0.15) is 0 Å². The smallest absolute Gasteiger partial charge is 0.0588 e. The van der Waals surface area contributed by atoms with Crippen molar-refractivity contribution in [2.45, 2.75) is 25.2 Å². The number of benzene rings is 1. The molecular formula is C15H20BrNO. The van der Waals surface area contributed by atoms with E-state index in [1.165, 1.54) is 35.0 Å². The van der Waals surface area contributed by atoms with E-state index < -0.39 is 0 Å². The molecule has 1 atom stereocenters. The van der Waals surface area contributed by atoms with Gasteiger partial charge in [-0.05, 0) is 62.0 Å². The maximum absolute atomic E-state index is 5.60. The first-order valence-corrected chi connectivity index (χ1v) is 7.57. The van der Waals surface area contributed by atoms with Crippen molar-refractivity contribution in [1.29, 1.82) is 0 Å². The molecule has 0 amide bonds. The molecule has 2 heterocycles. The predicted octanol–water partition coefficient (Wildman–Crippen LogP) is 3.03. The second-order valence-corrected chi connectivity index (χ2v) is 6.57. The fourth-order valence-electron chi connectivity index (χ4n) is 3.39. The third-order valence-electron chi connectivity index (χ3n) is 4.53. The lowest BCUT2D eigenvalue weighted by Gasteiger charge is -2.50. The van der Waals surface area contributed by atoms with Gasteiger partial charge in [0.15, 0.2) is 0 Å². The average Bonchev–Trinajstić information content (AvgIpc) is 2.34. The number of halogens is 1. The van der Waals surface area contributed by atoms with Gasteiger partial charge in [-0.15, -0.1) is 0 Å². The Bertz CT molecular complexity index is 436. The molecule has 1 unspecified atom stereocenters. The summed E-state index contributed by atoms with van der Waals surface area (Å²) in [6, 6.07) is 6.65. The second kappa shape index (κ2) is 4.95. The van der Waals surface area contributed by atoms with Gasteiger partial charge < -0.3 is 10.1 Å². The molecule has 2 fully saturated rings. The van der Waals surface area contributed by atoms with Crippen LogP contribution < -0.4 is 5.32 Å². The van der Waals surface area contributed by atoms with Crippen molar-refractivity contribution in [3.8, 4) is 0 Å². The standard InChI is InChI=1S/C15H20BrNO/c1-11-4-5-13(16)7-14(11)15(9-18-10-15)12-3-2-6-17-8-12/h4-5,7,12,17H,2-3,6,8-10H2,1H3. The molecule has 0 bridgehead atoms. The SMILES string of the molecule is Cc1ccc(Br)cc1C1(C2CCCNC2)COC1. The molecule has 2 nitrogen and oxygen atoms in total. The van der Waals surface area contributed by atoms with Gasteiger partial charge in [-0.1, -0.05) is 22.0 Å². The van der Waals surface area contributed by atoms with E-state index in [1.54, 1.807) is 0 Å². The van der Waals surface area contributed by atoms with Gasteiger partial charge in [0.2, 0.25) is 0 Å². The molecule has 18 heavy (non-hydrogen) atoms. The van der Waals surface area contributed by atoms with E-state index in [-0.39, 0.29) is 5.41 Å². The Kier molecular flexibility index (Phi) is 3.48. The Morgan fingerprint density at radius 2 is 2.22 bits per heavy atom. The molecule has 3 rings (SSSR count). The Labute approximate surface area is 117 Å². The van der Waals surface area contributed by atoms with Crippen LogP contribution in [0.5, 0.6) is 0 Å². The fraction of sp³-hybridized carbons (Fsp3) is 0.600. The van der Waals surface area contributed by atoms with Gasteiger partial charge in [-0.3, -0.25) is 0 Å². The zero-order valence-corrected chi connectivity index (χ0v) is 12.4. The Morgan fingerprint density at radius 1 is 1.39 bits per heavy atom. The van der Waals surface area contributed by atoms with Gasteiger partial charge in [0.05, 0.1) is 13.2 Å². The van der Waals surface area contributed by atoms with Gasteiger partial charge in [-0.25, -0.2) is 0 Å². The molecule has 0 spiro atoms. The lowest BCUT2D eigenvalue weighted by Crippen LogP contribution is -2.56. The van der Waals surface area contributed by atoms with Crippen molar-refractivity contribution in [1.82, 2.24) is 5.32 Å². The number of aryl methyl sites for hydroxylation is 1. The molecular weight excluding hydrogens is 290 g/mol. The first kappa shape index (κ1) is 12.6. The third kappa shape index (κ3) is 2.02. The summed E-state index contributed by atoms with van der Waals surface area (Å²) in [6.07, 6.45) is 2.61. The number of hydrogen-bond acceptors (Lipinski definition) is 2. The number of ether oxygens (including phenoxy) is 1. The van der Waals surface area contributed by atoms with Crippen LogP contribution in [0.25, 0.3) is 0 Å². The van der Waals surface area contributed by atoms with Crippen molar-refractivity contribution >= 4 is 15.9 Å². The quantitative estimate of drug-likeness (QED) is 0.906. The molecule has 1 N–H and O–H groups in total. The predicted molar refractivity (Wildman–Crippen MR) is 77.0 cm³/mol. The summed E-state index contributed by atoms with van der Waals surface area (Å²) >= 11 is 3.61. The van der Waals surface area contributed by atoms with Crippen LogP contribution >= 0.6 is 15.9 Å². The third-order valence-corrected chi connectivity index (χ3v) is 5.03. The van der Waals surface area contributed by atoms with E-state index in [0.717, 1.165) is 19.8 Å². The van der Waals surface area contributed by atoms with E-state index in [0.29, 0.717) is 5.92 Å². The van der Waals surface area contributed by atoms with Crippen LogP contribution in [0.2, 0.25) is 0 Å². The highest BCUT2D eigenvalue weighted by atomic mass is 79.9. The molecule has 0 aromatic heterocycles. The Balaban J connectivity index is 1.97. The lowest BCUT2D eigenvalue weighted by atomic mass is 9.65. The first-order valence-electron chi connectivity index (χ1n) is 6.77. The summed E-state index contributed by atoms with van der Waals surface area (Å²) in [5.74, 6) is 0.716. The van der Waals surface area contributed by atoms with Gasteiger partial charge in [0.25, 0.3) is 0 Å². The maximum Gasteiger partial charge on any atom is 0.0588 e. The minimum absolute atomic E-state index is 0.251. The van der Waals surface area contributed by atoms with Crippen molar-refractivity contribution in [2.75, 3.05) is 26.3 Å². The topological polar surface area (TPSA) is 21.3 Å². The minimum atomic E-state index is 0.251. The summed E-state index contributed by atoms with van der Waals surface area (Å²) in [5, 5.41) is 3.55. The van der Waals surface area contributed by atoms with Crippen LogP contribution in [-0.4, -0.2) is 26.3 Å². The van der Waals surface area contributed by atoms with Crippen molar-refractivity contribution in [3.63, 3.8) is 0 Å². The van der Waals surface area contributed by atoms with Crippen molar-refractivity contribution in [3.05, 3.63) is 33.8 Å². The lowest BCUT2D eigenvalue weighted by molar-refractivity contribution is -0.0950. The molecule has 3 heteroatoms. The summed E-state index contributed by atoms with van der Waals surface area (Å²) in [7, 11) is 0. The van der Waals surface area contributed by atoms with Crippen LogP contribution in [0.4, 0.5) is 0 Å². The highest BCUT2D eigenvalue weighted by Crippen LogP contribution is 2.44. The van der Waals surface area contributed by atoms with E-state index in [4.69, 9.17) is 4.74 Å². The number of hydrogen-bond donors (Lipinski definition) is 1. The maximum atomic E-state index is 5.60. The molecule has 2 aliphatic rings. The number of nitrogens with one attached hydrogen (secondary N) is 1. The highest BCUT2D eigenvalue weighted by Gasteiger charge is 2.47. The molecule has 0 saturated carbocycles. The molecule has 2 aliphatic heterocycles. The van der Waals surface area contributed by atoms with Gasteiger partial charge in [0, 0.05) is 9.89 Å². The average molecular weight is 310 g/mol. The first-order chi connectivity index (χ1) is 8.72. The number of rotatable bonds is 2. The number of piperidine rings is 1. The second-order valence-electron chi connectivity index (χ2n) is 5.65. The summed E-state index contributed by atoms with van der Waals surface area (Å²) in [5.41, 5.74) is 3.13. The van der Waals surface area contributed by atoms with Crippen LogP contribution in [0.1, 0.15) is 24.0 Å². The molecule has 0 aliphatic carbocycles. The molecule has 0 radical (unpaired) electrons. The minimum Gasteiger partial charge on any atom is -0.379 e. The van der Waals surface area contributed by atoms with Gasteiger partial charge in [0.1, 0.15) is 0 Å². The molecule has 1 aromatic rings. The van der Waals surface area contributed by atoms with Crippen LogP contribution in [-0.2, 0) is 10.2 Å². The Morgan fingerprint density at radius 3 is 2.83 bits per heavy atom. The summed E-state index contributed by atoms with van der Waals surface area (Å²) in [6.45, 7) is 6.30. The molecule has 1 aromatic carbocycles. The summed E-state index contributed by atoms with van der Waals surface area (Å²) < 4.78 is 6.78. The monoisotopic (exact) mass is 309 g/mol. The Hall–Kier alpha value is -0.380. The van der Waals surface area contributed by atoms with Gasteiger partial charge >= 0.3 is 0 Å². The normalized spacial score (nSPS) is 26.7. The summed E-state index contributed by atoms with van der Waals surface area (Å²) in [4.78, 5) is 0. The fourth-order valence-corrected chi connectivity index (χ4v) is 3.75. The zero-order chi connectivity index (χ0) is 12.6. The van der Waals surface area contributed by atoms with Crippen molar-refractivity contribution < 1.29 is 4.74 Å². The highest BCUT2D eigenvalue weighted by molar-refractivity contribution is 9.10. The molecule has 2 saturated heterocycles. The zero-order valence-electron chi connectivity index (χ0n) is 10.8. The van der Waals surface area contributed by atoms with E-state index in [2.05, 4.69) is 46.4 Å². The largest absolute Gasteiger partial charge is 0.379 e. The molecule has 98 valence electrons. The van der Waals surface area contributed by atoms with E-state index >= 15 is 0 Å². The van der Waals surface area contributed by atoms with Crippen LogP contribution in [0.15, 0.2) is 22.7 Å².